The van der Waals surface area contributed by atoms with Gasteiger partial charge in [0, 0.05) is 13.1 Å². The van der Waals surface area contributed by atoms with E-state index in [1.807, 2.05) is 6.92 Å². The molecule has 1 aromatic heterocycles. The van der Waals surface area contributed by atoms with Gasteiger partial charge in [-0.1, -0.05) is 25.2 Å². The highest BCUT2D eigenvalue weighted by atomic mass is 32.1. The van der Waals surface area contributed by atoms with Crippen LogP contribution in [0.5, 0.6) is 0 Å². The van der Waals surface area contributed by atoms with Crippen LogP contribution in [0.3, 0.4) is 0 Å². The second-order valence-electron chi connectivity index (χ2n) is 4.49. The van der Waals surface area contributed by atoms with Gasteiger partial charge >= 0.3 is 0 Å². The number of rotatable bonds is 5. The Hall–Kier alpha value is -0.680. The number of hydrogen-bond acceptors (Lipinski definition) is 5. The molecule has 0 atom stereocenters. The van der Waals surface area contributed by atoms with Crippen molar-refractivity contribution in [3.63, 3.8) is 0 Å². The van der Waals surface area contributed by atoms with Gasteiger partial charge in [0.1, 0.15) is 5.01 Å². The van der Waals surface area contributed by atoms with Crippen LogP contribution in [-0.2, 0) is 0 Å². The fourth-order valence-corrected chi connectivity index (χ4v) is 2.06. The maximum atomic E-state index is 5.73. The molecule has 0 aliphatic heterocycles. The first-order chi connectivity index (χ1) is 6.98. The first kappa shape index (κ1) is 12.4. The van der Waals surface area contributed by atoms with Gasteiger partial charge in [-0.25, -0.2) is 0 Å². The fraction of sp³-hybridized carbons (Fsp3) is 0.800. The van der Waals surface area contributed by atoms with Crippen molar-refractivity contribution in [2.45, 2.75) is 27.7 Å². The van der Waals surface area contributed by atoms with Gasteiger partial charge in [0.25, 0.3) is 0 Å². The first-order valence-corrected chi connectivity index (χ1v) is 6.05. The van der Waals surface area contributed by atoms with Crippen molar-refractivity contribution < 1.29 is 0 Å². The van der Waals surface area contributed by atoms with E-state index < -0.39 is 0 Å². The average Bonchev–Trinajstić information content (AvgIpc) is 2.61. The summed E-state index contributed by atoms with van der Waals surface area (Å²) in [7, 11) is 0. The van der Waals surface area contributed by atoms with Crippen molar-refractivity contribution in [1.82, 2.24) is 10.2 Å². The summed E-state index contributed by atoms with van der Waals surface area (Å²) in [6.07, 6.45) is 0. The smallest absolute Gasteiger partial charge is 0.208 e. The van der Waals surface area contributed by atoms with E-state index in [4.69, 9.17) is 5.73 Å². The van der Waals surface area contributed by atoms with Gasteiger partial charge in [-0.2, -0.15) is 0 Å². The Bertz CT molecular complexity index is 308. The molecule has 0 unspecified atom stereocenters. The number of anilines is 1. The SMILES string of the molecule is CCN(CC(C)(C)CN)c1nnc(C)s1. The Morgan fingerprint density at radius 2 is 2.07 bits per heavy atom. The van der Waals surface area contributed by atoms with E-state index in [-0.39, 0.29) is 5.41 Å². The summed E-state index contributed by atoms with van der Waals surface area (Å²) >= 11 is 1.63. The standard InChI is InChI=1S/C10H20N4S/c1-5-14(7-10(3,4)6-11)9-13-12-8(2)15-9/h5-7,11H2,1-4H3. The van der Waals surface area contributed by atoms with Gasteiger partial charge in [-0.05, 0) is 25.8 Å². The third kappa shape index (κ3) is 3.43. The number of nitrogens with two attached hydrogens (primary N) is 1. The van der Waals surface area contributed by atoms with E-state index in [0.29, 0.717) is 6.54 Å². The maximum absolute atomic E-state index is 5.73. The Balaban J connectivity index is 2.72. The normalized spacial score (nSPS) is 11.8. The summed E-state index contributed by atoms with van der Waals surface area (Å²) in [5.41, 5.74) is 5.85. The summed E-state index contributed by atoms with van der Waals surface area (Å²) in [4.78, 5) is 2.23. The summed E-state index contributed by atoms with van der Waals surface area (Å²) in [5, 5.41) is 10.2. The van der Waals surface area contributed by atoms with Crippen molar-refractivity contribution in [3.8, 4) is 0 Å². The molecule has 5 heteroatoms. The van der Waals surface area contributed by atoms with Crippen molar-refractivity contribution in [2.24, 2.45) is 11.1 Å². The van der Waals surface area contributed by atoms with Crippen LogP contribution in [0.4, 0.5) is 5.13 Å². The monoisotopic (exact) mass is 228 g/mol. The molecule has 2 N–H and O–H groups in total. The highest BCUT2D eigenvalue weighted by molar-refractivity contribution is 7.15. The predicted molar refractivity (Wildman–Crippen MR) is 65.4 cm³/mol. The summed E-state index contributed by atoms with van der Waals surface area (Å²) in [5.74, 6) is 0. The molecule has 1 aromatic rings. The van der Waals surface area contributed by atoms with Crippen molar-refractivity contribution in [2.75, 3.05) is 24.5 Å². The Kier molecular flexibility index (Phi) is 4.04. The highest BCUT2D eigenvalue weighted by Crippen LogP contribution is 2.23. The molecule has 0 aliphatic carbocycles. The van der Waals surface area contributed by atoms with Gasteiger partial charge < -0.3 is 10.6 Å². The maximum Gasteiger partial charge on any atom is 0.208 e. The number of nitrogens with zero attached hydrogens (tertiary/aromatic N) is 3. The minimum Gasteiger partial charge on any atom is -0.346 e. The third-order valence-electron chi connectivity index (χ3n) is 2.34. The molecule has 0 saturated heterocycles. The summed E-state index contributed by atoms with van der Waals surface area (Å²) < 4.78 is 0. The van der Waals surface area contributed by atoms with Gasteiger partial charge in [0.15, 0.2) is 0 Å². The highest BCUT2D eigenvalue weighted by Gasteiger charge is 2.21. The molecule has 0 bridgehead atoms. The van der Waals surface area contributed by atoms with Crippen molar-refractivity contribution >= 4 is 16.5 Å². The summed E-state index contributed by atoms with van der Waals surface area (Å²) in [6.45, 7) is 11.0. The van der Waals surface area contributed by atoms with Crippen LogP contribution in [0.25, 0.3) is 0 Å². The number of hydrogen-bond donors (Lipinski definition) is 1. The first-order valence-electron chi connectivity index (χ1n) is 5.23. The second kappa shape index (κ2) is 4.90. The molecule has 0 fully saturated rings. The molecule has 1 heterocycles. The van der Waals surface area contributed by atoms with E-state index in [2.05, 4.69) is 35.9 Å². The molecule has 0 aliphatic rings. The van der Waals surface area contributed by atoms with Gasteiger partial charge in [0.05, 0.1) is 0 Å². The lowest BCUT2D eigenvalue weighted by Crippen LogP contribution is -2.38. The summed E-state index contributed by atoms with van der Waals surface area (Å²) in [6, 6.07) is 0. The molecule has 0 spiro atoms. The Morgan fingerprint density at radius 3 is 2.47 bits per heavy atom. The van der Waals surface area contributed by atoms with Gasteiger partial charge in [-0.3, -0.25) is 0 Å². The van der Waals surface area contributed by atoms with Crippen LogP contribution in [-0.4, -0.2) is 29.8 Å². The third-order valence-corrected chi connectivity index (χ3v) is 3.24. The Labute approximate surface area is 95.5 Å². The molecule has 4 nitrogen and oxygen atoms in total. The van der Waals surface area contributed by atoms with Gasteiger partial charge in [-0.15, -0.1) is 10.2 Å². The Morgan fingerprint density at radius 1 is 1.40 bits per heavy atom. The van der Waals surface area contributed by atoms with E-state index in [9.17, 15) is 0 Å². The predicted octanol–water partition coefficient (Wildman–Crippen LogP) is 1.66. The minimum atomic E-state index is 0.121. The lowest BCUT2D eigenvalue weighted by atomic mass is 9.93. The quantitative estimate of drug-likeness (QED) is 0.832. The van der Waals surface area contributed by atoms with Gasteiger partial charge in [0.2, 0.25) is 5.13 Å². The molecular weight excluding hydrogens is 208 g/mol. The van der Waals surface area contributed by atoms with Crippen molar-refractivity contribution in [1.29, 1.82) is 0 Å². The molecule has 1 rings (SSSR count). The van der Waals surface area contributed by atoms with Crippen LogP contribution in [0.1, 0.15) is 25.8 Å². The average molecular weight is 228 g/mol. The van der Waals surface area contributed by atoms with Crippen LogP contribution >= 0.6 is 11.3 Å². The van der Waals surface area contributed by atoms with E-state index >= 15 is 0 Å². The van der Waals surface area contributed by atoms with E-state index in [1.165, 1.54) is 0 Å². The van der Waals surface area contributed by atoms with Crippen LogP contribution in [0, 0.1) is 12.3 Å². The lowest BCUT2D eigenvalue weighted by Gasteiger charge is -2.30. The van der Waals surface area contributed by atoms with Crippen molar-refractivity contribution in [3.05, 3.63) is 5.01 Å². The largest absolute Gasteiger partial charge is 0.346 e. The topological polar surface area (TPSA) is 55.0 Å². The lowest BCUT2D eigenvalue weighted by molar-refractivity contribution is 0.379. The van der Waals surface area contributed by atoms with Crippen LogP contribution in [0.15, 0.2) is 0 Å². The van der Waals surface area contributed by atoms with E-state index in [0.717, 1.165) is 23.2 Å². The van der Waals surface area contributed by atoms with Crippen LogP contribution < -0.4 is 10.6 Å². The minimum absolute atomic E-state index is 0.121. The molecule has 15 heavy (non-hydrogen) atoms. The zero-order valence-corrected chi connectivity index (χ0v) is 10.8. The number of aryl methyl sites for hydroxylation is 1. The van der Waals surface area contributed by atoms with E-state index in [1.54, 1.807) is 11.3 Å². The number of aromatic nitrogens is 2. The molecule has 0 radical (unpaired) electrons. The molecule has 0 aromatic carbocycles. The van der Waals surface area contributed by atoms with Crippen LogP contribution in [0.2, 0.25) is 0 Å². The zero-order chi connectivity index (χ0) is 11.5. The molecule has 0 saturated carbocycles. The molecule has 0 amide bonds. The molecule has 86 valence electrons. The molecular formula is C10H20N4S. The zero-order valence-electron chi connectivity index (χ0n) is 9.95. The second-order valence-corrected chi connectivity index (χ2v) is 5.65. The fourth-order valence-electron chi connectivity index (χ4n) is 1.31.